The van der Waals surface area contributed by atoms with Crippen molar-refractivity contribution in [2.75, 3.05) is 24.9 Å². The summed E-state index contributed by atoms with van der Waals surface area (Å²) in [6.07, 6.45) is 1.62. The molecule has 21 heavy (non-hydrogen) atoms. The number of rotatable bonds is 4. The van der Waals surface area contributed by atoms with Crippen LogP contribution >= 0.6 is 0 Å². The van der Waals surface area contributed by atoms with Gasteiger partial charge < -0.3 is 14.8 Å². The highest BCUT2D eigenvalue weighted by Gasteiger charge is 2.08. The smallest absolute Gasteiger partial charge is 0.324 e. The van der Waals surface area contributed by atoms with Gasteiger partial charge in [-0.2, -0.15) is 0 Å². The van der Waals surface area contributed by atoms with Crippen molar-refractivity contribution in [3.05, 3.63) is 42.1 Å². The summed E-state index contributed by atoms with van der Waals surface area (Å²) < 4.78 is 10.3. The highest BCUT2D eigenvalue weighted by atomic mass is 16.5. The van der Waals surface area contributed by atoms with Gasteiger partial charge in [0, 0.05) is 18.0 Å². The molecule has 0 atom stereocenters. The maximum absolute atomic E-state index is 12.0. The van der Waals surface area contributed by atoms with Crippen LogP contribution in [0.2, 0.25) is 0 Å². The molecule has 0 saturated heterocycles. The van der Waals surface area contributed by atoms with E-state index in [0.29, 0.717) is 23.0 Å². The summed E-state index contributed by atoms with van der Waals surface area (Å²) in [6.45, 7) is 1.87. The topological polar surface area (TPSA) is 72.5 Å². The Balaban J connectivity index is 2.08. The average molecular weight is 287 g/mol. The second-order valence-electron chi connectivity index (χ2n) is 4.32. The molecule has 0 bridgehead atoms. The number of carbonyl (C=O) groups excluding carboxylic acids is 1. The minimum atomic E-state index is -0.371. The summed E-state index contributed by atoms with van der Waals surface area (Å²) in [5, 5.41) is 5.41. The summed E-state index contributed by atoms with van der Waals surface area (Å²) in [6, 6.07) is 8.45. The van der Waals surface area contributed by atoms with Gasteiger partial charge in [-0.25, -0.2) is 9.78 Å². The fourth-order valence-corrected chi connectivity index (χ4v) is 1.80. The van der Waals surface area contributed by atoms with Gasteiger partial charge in [0.15, 0.2) is 11.5 Å². The van der Waals surface area contributed by atoms with Crippen LogP contribution in [0.1, 0.15) is 5.56 Å². The van der Waals surface area contributed by atoms with Crippen molar-refractivity contribution >= 4 is 17.5 Å². The number of carbonyl (C=O) groups is 1. The van der Waals surface area contributed by atoms with E-state index in [-0.39, 0.29) is 6.03 Å². The van der Waals surface area contributed by atoms with Crippen LogP contribution in [-0.4, -0.2) is 25.2 Å². The first-order valence-corrected chi connectivity index (χ1v) is 6.35. The maximum atomic E-state index is 12.0. The molecule has 0 aliphatic rings. The minimum Gasteiger partial charge on any atom is -0.493 e. The third-order valence-corrected chi connectivity index (χ3v) is 2.88. The number of anilines is 2. The van der Waals surface area contributed by atoms with E-state index in [2.05, 4.69) is 15.6 Å². The molecule has 2 aromatic rings. The van der Waals surface area contributed by atoms with Crippen LogP contribution in [0, 0.1) is 6.92 Å². The number of aryl methyl sites for hydroxylation is 1. The number of hydrogen-bond acceptors (Lipinski definition) is 4. The molecule has 1 aromatic heterocycles. The van der Waals surface area contributed by atoms with Crippen molar-refractivity contribution in [2.45, 2.75) is 6.92 Å². The number of nitrogens with one attached hydrogen (secondary N) is 2. The Labute approximate surface area is 123 Å². The number of urea groups is 1. The Morgan fingerprint density at radius 2 is 1.86 bits per heavy atom. The van der Waals surface area contributed by atoms with Crippen molar-refractivity contribution in [3.8, 4) is 11.5 Å². The fraction of sp³-hybridized carbons (Fsp3) is 0.200. The van der Waals surface area contributed by atoms with E-state index < -0.39 is 0 Å². The quantitative estimate of drug-likeness (QED) is 0.906. The van der Waals surface area contributed by atoms with Gasteiger partial charge in [0.1, 0.15) is 5.82 Å². The first-order valence-electron chi connectivity index (χ1n) is 6.35. The highest BCUT2D eigenvalue weighted by molar-refractivity contribution is 5.99. The number of aromatic nitrogens is 1. The standard InChI is InChI=1S/C15H17N3O3/c1-10-5-4-8-16-14(10)18-15(19)17-11-6-7-12(20-2)13(9-11)21-3/h4-9H,1-3H3,(H2,16,17,18,19). The molecule has 0 saturated carbocycles. The predicted molar refractivity (Wildman–Crippen MR) is 81.2 cm³/mol. The number of nitrogens with zero attached hydrogens (tertiary/aromatic N) is 1. The van der Waals surface area contributed by atoms with E-state index in [0.717, 1.165) is 5.56 Å². The molecule has 0 spiro atoms. The van der Waals surface area contributed by atoms with Gasteiger partial charge in [-0.3, -0.25) is 5.32 Å². The molecule has 1 aromatic carbocycles. The van der Waals surface area contributed by atoms with Crippen molar-refractivity contribution in [2.24, 2.45) is 0 Å². The molecule has 0 fully saturated rings. The molecule has 0 unspecified atom stereocenters. The molecule has 2 amide bonds. The van der Waals surface area contributed by atoms with Crippen LogP contribution in [0.3, 0.4) is 0 Å². The summed E-state index contributed by atoms with van der Waals surface area (Å²) >= 11 is 0. The van der Waals surface area contributed by atoms with Crippen LogP contribution < -0.4 is 20.1 Å². The molecular weight excluding hydrogens is 270 g/mol. The SMILES string of the molecule is COc1ccc(NC(=O)Nc2ncccc2C)cc1OC. The summed E-state index contributed by atoms with van der Waals surface area (Å²) in [4.78, 5) is 16.1. The van der Waals surface area contributed by atoms with Crippen molar-refractivity contribution < 1.29 is 14.3 Å². The van der Waals surface area contributed by atoms with Crippen LogP contribution in [-0.2, 0) is 0 Å². The second-order valence-corrected chi connectivity index (χ2v) is 4.32. The van der Waals surface area contributed by atoms with Gasteiger partial charge in [0.25, 0.3) is 0 Å². The molecule has 6 nitrogen and oxygen atoms in total. The molecule has 0 aliphatic carbocycles. The van der Waals surface area contributed by atoms with Gasteiger partial charge in [0.05, 0.1) is 14.2 Å². The molecule has 110 valence electrons. The highest BCUT2D eigenvalue weighted by Crippen LogP contribution is 2.29. The molecule has 2 N–H and O–H groups in total. The lowest BCUT2D eigenvalue weighted by atomic mass is 10.2. The van der Waals surface area contributed by atoms with Crippen LogP contribution in [0.15, 0.2) is 36.5 Å². The maximum Gasteiger partial charge on any atom is 0.324 e. The number of methoxy groups -OCH3 is 2. The van der Waals surface area contributed by atoms with E-state index in [4.69, 9.17) is 9.47 Å². The monoisotopic (exact) mass is 287 g/mol. The molecule has 1 heterocycles. The Kier molecular flexibility index (Phi) is 4.61. The lowest BCUT2D eigenvalue weighted by molar-refractivity contribution is 0.262. The van der Waals surface area contributed by atoms with E-state index >= 15 is 0 Å². The van der Waals surface area contributed by atoms with Crippen LogP contribution in [0.5, 0.6) is 11.5 Å². The summed E-state index contributed by atoms with van der Waals surface area (Å²) in [5.74, 6) is 1.67. The Morgan fingerprint density at radius 1 is 1.10 bits per heavy atom. The number of amides is 2. The fourth-order valence-electron chi connectivity index (χ4n) is 1.80. The number of pyridine rings is 1. The molecular formula is C15H17N3O3. The third-order valence-electron chi connectivity index (χ3n) is 2.88. The molecule has 6 heteroatoms. The zero-order valence-corrected chi connectivity index (χ0v) is 12.1. The van der Waals surface area contributed by atoms with Crippen molar-refractivity contribution in [1.82, 2.24) is 4.98 Å². The molecule has 0 aliphatic heterocycles. The van der Waals surface area contributed by atoms with E-state index in [1.807, 2.05) is 19.1 Å². The van der Waals surface area contributed by atoms with Gasteiger partial charge in [-0.1, -0.05) is 6.07 Å². The number of ether oxygens (including phenoxy) is 2. The minimum absolute atomic E-state index is 0.371. The number of hydrogen-bond donors (Lipinski definition) is 2. The lowest BCUT2D eigenvalue weighted by Crippen LogP contribution is -2.20. The van der Waals surface area contributed by atoms with E-state index in [1.54, 1.807) is 38.6 Å². The van der Waals surface area contributed by atoms with Crippen molar-refractivity contribution in [3.63, 3.8) is 0 Å². The van der Waals surface area contributed by atoms with Gasteiger partial charge >= 0.3 is 6.03 Å². The van der Waals surface area contributed by atoms with E-state index in [9.17, 15) is 4.79 Å². The molecule has 2 rings (SSSR count). The van der Waals surface area contributed by atoms with Crippen LogP contribution in [0.25, 0.3) is 0 Å². The van der Waals surface area contributed by atoms with Crippen LogP contribution in [0.4, 0.5) is 16.3 Å². The summed E-state index contributed by atoms with van der Waals surface area (Å²) in [7, 11) is 3.10. The first-order chi connectivity index (χ1) is 10.1. The summed E-state index contributed by atoms with van der Waals surface area (Å²) in [5.41, 5.74) is 1.48. The van der Waals surface area contributed by atoms with Gasteiger partial charge in [-0.15, -0.1) is 0 Å². The normalized spacial score (nSPS) is 9.86. The lowest BCUT2D eigenvalue weighted by Gasteiger charge is -2.11. The van der Waals surface area contributed by atoms with Gasteiger partial charge in [-0.05, 0) is 30.7 Å². The number of benzene rings is 1. The average Bonchev–Trinajstić information content (AvgIpc) is 2.49. The first kappa shape index (κ1) is 14.6. The Bertz CT molecular complexity index is 644. The Hall–Kier alpha value is -2.76. The largest absolute Gasteiger partial charge is 0.493 e. The van der Waals surface area contributed by atoms with Gasteiger partial charge in [0.2, 0.25) is 0 Å². The molecule has 0 radical (unpaired) electrons. The van der Waals surface area contributed by atoms with E-state index in [1.165, 1.54) is 0 Å². The zero-order chi connectivity index (χ0) is 15.2. The van der Waals surface area contributed by atoms with Crippen molar-refractivity contribution in [1.29, 1.82) is 0 Å². The predicted octanol–water partition coefficient (Wildman–Crippen LogP) is 3.05. The Morgan fingerprint density at radius 3 is 2.52 bits per heavy atom. The second kappa shape index (κ2) is 6.60. The third kappa shape index (κ3) is 3.62. The zero-order valence-electron chi connectivity index (χ0n) is 12.1.